The minimum absolute atomic E-state index is 0. The van der Waals surface area contributed by atoms with Crippen LogP contribution in [0, 0.1) is 0 Å². The topological polar surface area (TPSA) is 112 Å². The van der Waals surface area contributed by atoms with Crippen LogP contribution in [0.1, 0.15) is 6.92 Å². The standard InChI is InChI=1S/C2H4O2.Mg.H2O4S.2H/c1-2(3)4;;1-5(2,3)4;;/h1H3,(H,3,4);;(H2,1,2,3,4);;. The molecule has 0 aromatic carbocycles. The van der Waals surface area contributed by atoms with Gasteiger partial charge in [-0.15, -0.1) is 0 Å². The molecule has 8 heteroatoms. The van der Waals surface area contributed by atoms with Crippen molar-refractivity contribution in [2.24, 2.45) is 0 Å². The van der Waals surface area contributed by atoms with Crippen LogP contribution >= 0.6 is 0 Å². The van der Waals surface area contributed by atoms with Gasteiger partial charge < -0.3 is 5.11 Å². The Hall–Kier alpha value is 0.106. The molecule has 0 aliphatic heterocycles. The molecule has 0 spiro atoms. The van der Waals surface area contributed by atoms with Gasteiger partial charge >= 0.3 is 33.5 Å². The molecule has 0 radical (unpaired) electrons. The van der Waals surface area contributed by atoms with Crippen molar-refractivity contribution in [2.45, 2.75) is 6.92 Å². The zero-order valence-electron chi connectivity index (χ0n) is 4.47. The van der Waals surface area contributed by atoms with Crippen LogP contribution in [0.15, 0.2) is 0 Å². The van der Waals surface area contributed by atoms with Crippen molar-refractivity contribution in [3.8, 4) is 0 Å². The Morgan fingerprint density at radius 2 is 1.30 bits per heavy atom. The van der Waals surface area contributed by atoms with Gasteiger partial charge in [0.05, 0.1) is 0 Å². The number of hydrogen-bond donors (Lipinski definition) is 3. The van der Waals surface area contributed by atoms with Crippen molar-refractivity contribution in [3.63, 3.8) is 0 Å². The quantitative estimate of drug-likeness (QED) is 0.313. The lowest BCUT2D eigenvalue weighted by atomic mass is 10.9. The Kier molecular flexibility index (Phi) is 12.0. The van der Waals surface area contributed by atoms with Crippen LogP contribution in [-0.2, 0) is 15.2 Å². The smallest absolute Gasteiger partial charge is 0.394 e. The van der Waals surface area contributed by atoms with Gasteiger partial charge in [0.25, 0.3) is 5.97 Å². The summed E-state index contributed by atoms with van der Waals surface area (Å²) >= 11 is 0. The number of aliphatic carboxylic acids is 1. The van der Waals surface area contributed by atoms with Gasteiger partial charge in [-0.25, -0.2) is 0 Å². The molecule has 0 atom stereocenters. The average molecular weight is 184 g/mol. The molecular formula is C2H8MgO6S. The Labute approximate surface area is 74.0 Å². The lowest BCUT2D eigenvalue weighted by molar-refractivity contribution is -0.134. The number of rotatable bonds is 0. The van der Waals surface area contributed by atoms with E-state index in [-0.39, 0.29) is 23.1 Å². The molecule has 10 heavy (non-hydrogen) atoms. The molecule has 0 bridgehead atoms. The van der Waals surface area contributed by atoms with Gasteiger partial charge in [0.15, 0.2) is 0 Å². The minimum atomic E-state index is -4.67. The fraction of sp³-hybridized carbons (Fsp3) is 0.500. The van der Waals surface area contributed by atoms with Gasteiger partial charge in [-0.05, 0) is 0 Å². The third-order valence-electron chi connectivity index (χ3n) is 0. The van der Waals surface area contributed by atoms with Crippen molar-refractivity contribution < 1.29 is 27.4 Å². The summed E-state index contributed by atoms with van der Waals surface area (Å²) in [6.07, 6.45) is 0. The molecule has 0 fully saturated rings. The fourth-order valence-corrected chi connectivity index (χ4v) is 0. The second-order valence-corrected chi connectivity index (χ2v) is 1.86. The van der Waals surface area contributed by atoms with Gasteiger partial charge in [-0.3, -0.25) is 13.9 Å². The van der Waals surface area contributed by atoms with Crippen LogP contribution < -0.4 is 0 Å². The van der Waals surface area contributed by atoms with E-state index in [0.29, 0.717) is 0 Å². The number of carbonyl (C=O) groups is 1. The highest BCUT2D eigenvalue weighted by Crippen LogP contribution is 1.59. The zero-order chi connectivity index (χ0) is 8.08. The van der Waals surface area contributed by atoms with Crippen LogP contribution in [0.25, 0.3) is 0 Å². The molecule has 0 amide bonds. The number of hydrogen-bond acceptors (Lipinski definition) is 3. The van der Waals surface area contributed by atoms with E-state index in [1.807, 2.05) is 0 Å². The van der Waals surface area contributed by atoms with Crippen LogP contribution in [0.3, 0.4) is 0 Å². The van der Waals surface area contributed by atoms with Crippen molar-refractivity contribution in [3.05, 3.63) is 0 Å². The zero-order valence-corrected chi connectivity index (χ0v) is 5.29. The maximum atomic E-state index is 9.00. The molecular weight excluding hydrogens is 176 g/mol. The summed E-state index contributed by atoms with van der Waals surface area (Å²) in [6, 6.07) is 0. The highest BCUT2D eigenvalue weighted by atomic mass is 32.3. The van der Waals surface area contributed by atoms with Gasteiger partial charge in [-0.2, -0.15) is 8.42 Å². The van der Waals surface area contributed by atoms with Crippen LogP contribution in [-0.4, -0.2) is 51.7 Å². The highest BCUT2D eigenvalue weighted by molar-refractivity contribution is 7.79. The fourth-order valence-electron chi connectivity index (χ4n) is 0. The summed E-state index contributed by atoms with van der Waals surface area (Å²) in [7, 11) is -4.67. The molecule has 0 rings (SSSR count). The number of carboxylic acids is 1. The predicted octanol–water partition coefficient (Wildman–Crippen LogP) is -1.48. The highest BCUT2D eigenvalue weighted by Gasteiger charge is 1.84. The first-order chi connectivity index (χ1) is 3.73. The largest absolute Gasteiger partial charge is 0.481 e. The Morgan fingerprint density at radius 3 is 1.30 bits per heavy atom. The molecule has 0 saturated heterocycles. The third-order valence-corrected chi connectivity index (χ3v) is 0. The molecule has 6 nitrogen and oxygen atoms in total. The van der Waals surface area contributed by atoms with Crippen molar-refractivity contribution in [2.75, 3.05) is 0 Å². The van der Waals surface area contributed by atoms with Gasteiger partial charge in [0.1, 0.15) is 0 Å². The first-order valence-electron chi connectivity index (χ1n) is 1.63. The van der Waals surface area contributed by atoms with Gasteiger partial charge in [0.2, 0.25) is 0 Å². The van der Waals surface area contributed by atoms with Crippen molar-refractivity contribution in [1.82, 2.24) is 0 Å². The Balaban J connectivity index is -0.0000000910. The maximum absolute atomic E-state index is 9.00. The first kappa shape index (κ1) is 16.6. The molecule has 0 saturated carbocycles. The normalized spacial score (nSPS) is 8.30. The summed E-state index contributed by atoms with van der Waals surface area (Å²) in [6.45, 7) is 1.08. The second kappa shape index (κ2) is 7.22. The molecule has 0 aliphatic rings. The van der Waals surface area contributed by atoms with E-state index >= 15 is 0 Å². The molecule has 0 heterocycles. The lowest BCUT2D eigenvalue weighted by Crippen LogP contribution is -1.89. The van der Waals surface area contributed by atoms with Crippen LogP contribution in [0.2, 0.25) is 0 Å². The van der Waals surface area contributed by atoms with Gasteiger partial charge in [0, 0.05) is 6.92 Å². The molecule has 0 unspecified atom stereocenters. The monoisotopic (exact) mass is 184 g/mol. The number of carboxylic acid groups (broad SMARTS) is 1. The maximum Gasteiger partial charge on any atom is 0.394 e. The molecule has 3 N–H and O–H groups in total. The van der Waals surface area contributed by atoms with E-state index < -0.39 is 16.4 Å². The van der Waals surface area contributed by atoms with Crippen molar-refractivity contribution >= 4 is 39.4 Å². The first-order valence-corrected chi connectivity index (χ1v) is 3.02. The Morgan fingerprint density at radius 1 is 1.30 bits per heavy atom. The third kappa shape index (κ3) is 36300. The summed E-state index contributed by atoms with van der Waals surface area (Å²) in [5.74, 6) is -0.833. The van der Waals surface area contributed by atoms with E-state index in [4.69, 9.17) is 27.4 Å². The van der Waals surface area contributed by atoms with Gasteiger partial charge in [-0.1, -0.05) is 0 Å². The van der Waals surface area contributed by atoms with E-state index in [1.165, 1.54) is 0 Å². The van der Waals surface area contributed by atoms with E-state index in [9.17, 15) is 0 Å². The Bertz CT molecular complexity index is 158. The molecule has 60 valence electrons. The second-order valence-electron chi connectivity index (χ2n) is 0.967. The molecule has 0 aliphatic carbocycles. The summed E-state index contributed by atoms with van der Waals surface area (Å²) in [5.41, 5.74) is 0. The summed E-state index contributed by atoms with van der Waals surface area (Å²) in [5, 5.41) is 7.42. The van der Waals surface area contributed by atoms with E-state index in [0.717, 1.165) is 6.92 Å². The SMILES string of the molecule is CC(=O)O.O=S(=O)(O)O.[MgH2]. The lowest BCUT2D eigenvalue weighted by Gasteiger charge is -1.68. The minimum Gasteiger partial charge on any atom is -0.481 e. The molecule has 0 aromatic heterocycles. The summed E-state index contributed by atoms with van der Waals surface area (Å²) < 4.78 is 31.6. The van der Waals surface area contributed by atoms with Crippen molar-refractivity contribution in [1.29, 1.82) is 0 Å². The van der Waals surface area contributed by atoms with E-state index in [2.05, 4.69) is 0 Å². The molecule has 0 aromatic rings. The average Bonchev–Trinajstić information content (AvgIpc) is 1.19. The van der Waals surface area contributed by atoms with Crippen LogP contribution in [0.5, 0.6) is 0 Å². The van der Waals surface area contributed by atoms with E-state index in [1.54, 1.807) is 0 Å². The summed E-state index contributed by atoms with van der Waals surface area (Å²) in [4.78, 5) is 9.00. The predicted molar refractivity (Wildman–Crippen MR) is 36.0 cm³/mol. The van der Waals surface area contributed by atoms with Crippen LogP contribution in [0.4, 0.5) is 0 Å².